The van der Waals surface area contributed by atoms with E-state index in [9.17, 15) is 20.0 Å². The number of aryl methyl sites for hydroxylation is 1. The fourth-order valence-corrected chi connectivity index (χ4v) is 3.97. The van der Waals surface area contributed by atoms with Gasteiger partial charge in [-0.25, -0.2) is 4.98 Å². The maximum absolute atomic E-state index is 12.9. The smallest absolute Gasteiger partial charge is 0.296 e. The molecule has 3 heterocycles. The highest BCUT2D eigenvalue weighted by Gasteiger charge is 2.31. The molecular formula is C24H21N7O4. The standard InChI is InChI=1S/C24H21N7O4/c1-13-9-26-11-18(28-13)19(17-7-5-4-6-15(17)8-25)14(2)22-30-20(21(32)24(34)31(22)3)23(33)29-16-10-27-35-12-16/h4-7,9-12,14,19,32H,1-3H3,(H,29,33)/t14-,19-/m1/s1. The molecule has 1 amide bonds. The van der Waals surface area contributed by atoms with Gasteiger partial charge in [-0.2, -0.15) is 5.26 Å². The zero-order valence-corrected chi connectivity index (χ0v) is 19.1. The van der Waals surface area contributed by atoms with E-state index in [1.807, 2.05) is 13.0 Å². The van der Waals surface area contributed by atoms with Gasteiger partial charge in [0.2, 0.25) is 5.75 Å². The van der Waals surface area contributed by atoms with Crippen molar-refractivity contribution in [3.05, 3.63) is 93.5 Å². The van der Waals surface area contributed by atoms with Crippen molar-refractivity contribution in [2.75, 3.05) is 5.32 Å². The minimum atomic E-state index is -0.804. The van der Waals surface area contributed by atoms with Crippen LogP contribution in [-0.4, -0.2) is 35.7 Å². The molecule has 2 atom stereocenters. The molecule has 0 bridgehead atoms. The summed E-state index contributed by atoms with van der Waals surface area (Å²) in [5, 5.41) is 26.1. The van der Waals surface area contributed by atoms with Crippen LogP contribution in [0.1, 0.15) is 57.6 Å². The molecule has 0 aliphatic heterocycles. The van der Waals surface area contributed by atoms with Crippen LogP contribution in [0.3, 0.4) is 0 Å². The lowest BCUT2D eigenvalue weighted by Crippen LogP contribution is -2.29. The predicted octanol–water partition coefficient (Wildman–Crippen LogP) is 2.63. The van der Waals surface area contributed by atoms with Gasteiger partial charge >= 0.3 is 0 Å². The van der Waals surface area contributed by atoms with Crippen LogP contribution in [0.15, 0.2) is 58.4 Å². The van der Waals surface area contributed by atoms with Crippen LogP contribution in [0.25, 0.3) is 0 Å². The number of anilines is 1. The van der Waals surface area contributed by atoms with Crippen molar-refractivity contribution in [3.8, 4) is 11.8 Å². The second kappa shape index (κ2) is 9.56. The topological polar surface area (TPSA) is 160 Å². The van der Waals surface area contributed by atoms with E-state index in [2.05, 4.69) is 31.5 Å². The van der Waals surface area contributed by atoms with Gasteiger partial charge in [0.25, 0.3) is 11.5 Å². The molecule has 0 aliphatic rings. The van der Waals surface area contributed by atoms with Gasteiger partial charge in [-0.3, -0.25) is 24.1 Å². The Bertz CT molecular complexity index is 1490. The summed E-state index contributed by atoms with van der Waals surface area (Å²) in [4.78, 5) is 38.9. The summed E-state index contributed by atoms with van der Waals surface area (Å²) in [6, 6.07) is 9.26. The van der Waals surface area contributed by atoms with Crippen LogP contribution in [0.5, 0.6) is 5.75 Å². The molecule has 0 saturated heterocycles. The number of hydrogen-bond donors (Lipinski definition) is 2. The van der Waals surface area contributed by atoms with Crippen molar-refractivity contribution in [1.82, 2.24) is 24.7 Å². The Labute approximate surface area is 199 Å². The highest BCUT2D eigenvalue weighted by molar-refractivity contribution is 6.04. The van der Waals surface area contributed by atoms with Crippen LogP contribution in [-0.2, 0) is 7.05 Å². The van der Waals surface area contributed by atoms with Crippen LogP contribution in [0.4, 0.5) is 5.69 Å². The largest absolute Gasteiger partial charge is 0.501 e. The van der Waals surface area contributed by atoms with E-state index in [-0.39, 0.29) is 11.5 Å². The average Bonchev–Trinajstić information content (AvgIpc) is 3.36. The summed E-state index contributed by atoms with van der Waals surface area (Å²) in [7, 11) is 1.46. The number of carbonyl (C=O) groups excluding carboxylic acids is 1. The van der Waals surface area contributed by atoms with Crippen LogP contribution in [0.2, 0.25) is 0 Å². The van der Waals surface area contributed by atoms with E-state index in [4.69, 9.17) is 4.52 Å². The van der Waals surface area contributed by atoms with Crippen LogP contribution in [0, 0.1) is 18.3 Å². The third kappa shape index (κ3) is 4.49. The van der Waals surface area contributed by atoms with E-state index in [1.165, 1.54) is 24.1 Å². The number of nitriles is 1. The Morgan fingerprint density at radius 2 is 2.00 bits per heavy atom. The molecule has 3 aromatic heterocycles. The number of rotatable bonds is 6. The first-order valence-electron chi connectivity index (χ1n) is 10.6. The Hall–Kier alpha value is -4.85. The molecule has 35 heavy (non-hydrogen) atoms. The maximum atomic E-state index is 12.9. The number of nitrogens with zero attached hydrogens (tertiary/aromatic N) is 6. The third-order valence-electron chi connectivity index (χ3n) is 5.62. The molecule has 0 spiro atoms. The van der Waals surface area contributed by atoms with Crippen LogP contribution >= 0.6 is 0 Å². The molecule has 11 heteroatoms. The highest BCUT2D eigenvalue weighted by atomic mass is 16.5. The SMILES string of the molecule is Cc1cncc([C@@H](c2ccccc2C#N)[C@@H](C)c2nc(C(=O)Nc3cnoc3)c(O)c(=O)n2C)n1. The van der Waals surface area contributed by atoms with Gasteiger partial charge in [0, 0.05) is 31.3 Å². The minimum Gasteiger partial charge on any atom is -0.501 e. The van der Waals surface area contributed by atoms with E-state index in [0.717, 1.165) is 0 Å². The molecule has 0 fully saturated rings. The number of hydrogen-bond acceptors (Lipinski definition) is 9. The Kier molecular flexibility index (Phi) is 6.37. The van der Waals surface area contributed by atoms with Crippen molar-refractivity contribution in [1.29, 1.82) is 5.26 Å². The van der Waals surface area contributed by atoms with Gasteiger partial charge in [0.1, 0.15) is 17.8 Å². The molecule has 11 nitrogen and oxygen atoms in total. The number of nitrogens with one attached hydrogen (secondary N) is 1. The molecule has 4 aromatic rings. The molecule has 2 N–H and O–H groups in total. The molecule has 0 saturated carbocycles. The van der Waals surface area contributed by atoms with Crippen LogP contribution < -0.4 is 10.9 Å². The molecule has 1 aromatic carbocycles. The highest BCUT2D eigenvalue weighted by Crippen LogP contribution is 2.38. The summed E-state index contributed by atoms with van der Waals surface area (Å²) < 4.78 is 5.88. The number of carbonyl (C=O) groups is 1. The molecule has 4 rings (SSSR count). The first-order chi connectivity index (χ1) is 16.8. The zero-order chi connectivity index (χ0) is 25.1. The fourth-order valence-electron chi connectivity index (χ4n) is 3.97. The molecule has 176 valence electrons. The lowest BCUT2D eigenvalue weighted by atomic mass is 9.82. The first kappa shape index (κ1) is 23.3. The van der Waals surface area contributed by atoms with Gasteiger partial charge in [-0.05, 0) is 18.6 Å². The zero-order valence-electron chi connectivity index (χ0n) is 19.1. The second-order valence-electron chi connectivity index (χ2n) is 7.95. The van der Waals surface area contributed by atoms with Gasteiger partial charge in [-0.15, -0.1) is 0 Å². The normalized spacial score (nSPS) is 12.5. The van der Waals surface area contributed by atoms with Gasteiger partial charge in [-0.1, -0.05) is 30.3 Å². The molecule has 0 radical (unpaired) electrons. The summed E-state index contributed by atoms with van der Waals surface area (Å²) >= 11 is 0. The molecule has 0 aliphatic carbocycles. The first-order valence-corrected chi connectivity index (χ1v) is 10.6. The summed E-state index contributed by atoms with van der Waals surface area (Å²) in [5.41, 5.74) is 1.34. The quantitative estimate of drug-likeness (QED) is 0.431. The van der Waals surface area contributed by atoms with Crippen molar-refractivity contribution >= 4 is 11.6 Å². The van der Waals surface area contributed by atoms with Crippen molar-refractivity contribution < 1.29 is 14.4 Å². The van der Waals surface area contributed by atoms with Gasteiger partial charge < -0.3 is 14.9 Å². The maximum Gasteiger partial charge on any atom is 0.296 e. The lowest BCUT2D eigenvalue weighted by molar-refractivity contribution is 0.101. The van der Waals surface area contributed by atoms with E-state index in [1.54, 1.807) is 37.5 Å². The number of aromatic nitrogens is 5. The number of amides is 1. The second-order valence-corrected chi connectivity index (χ2v) is 7.95. The molecular weight excluding hydrogens is 450 g/mol. The van der Waals surface area contributed by atoms with E-state index in [0.29, 0.717) is 22.5 Å². The minimum absolute atomic E-state index is 0.212. The predicted molar refractivity (Wildman–Crippen MR) is 124 cm³/mol. The monoisotopic (exact) mass is 471 g/mol. The summed E-state index contributed by atoms with van der Waals surface area (Å²) in [6.07, 6.45) is 5.68. The summed E-state index contributed by atoms with van der Waals surface area (Å²) in [6.45, 7) is 3.61. The van der Waals surface area contributed by atoms with Gasteiger partial charge in [0.15, 0.2) is 5.69 Å². The number of benzene rings is 1. The van der Waals surface area contributed by atoms with E-state index >= 15 is 0 Å². The summed E-state index contributed by atoms with van der Waals surface area (Å²) in [5.74, 6) is -2.47. The van der Waals surface area contributed by atoms with Crippen molar-refractivity contribution in [3.63, 3.8) is 0 Å². The fraction of sp³-hybridized carbons (Fsp3) is 0.208. The Morgan fingerprint density at radius 3 is 2.69 bits per heavy atom. The van der Waals surface area contributed by atoms with E-state index < -0.39 is 34.7 Å². The molecule has 0 unspecified atom stereocenters. The van der Waals surface area contributed by atoms with Gasteiger partial charge in [0.05, 0.1) is 29.2 Å². The number of aromatic hydroxyl groups is 1. The average molecular weight is 471 g/mol. The van der Waals surface area contributed by atoms with Crippen molar-refractivity contribution in [2.24, 2.45) is 7.05 Å². The Balaban J connectivity index is 1.87. The third-order valence-corrected chi connectivity index (χ3v) is 5.62. The lowest BCUT2D eigenvalue weighted by Gasteiger charge is -2.26. The Morgan fingerprint density at radius 1 is 1.23 bits per heavy atom. The van der Waals surface area contributed by atoms with Crippen molar-refractivity contribution in [2.45, 2.75) is 25.7 Å².